The van der Waals surface area contributed by atoms with Crippen LogP contribution < -0.4 is 0 Å². The molecule has 2 unspecified atom stereocenters. The van der Waals surface area contributed by atoms with Crippen LogP contribution in [0.4, 0.5) is 0 Å². The molecular weight excluding hydrogens is 184 g/mol. The van der Waals surface area contributed by atoms with Crippen LogP contribution in [0.5, 0.6) is 0 Å². The lowest BCUT2D eigenvalue weighted by Crippen LogP contribution is -2.30. The third-order valence-corrected chi connectivity index (χ3v) is 4.39. The maximum atomic E-state index is 10.2. The van der Waals surface area contributed by atoms with Gasteiger partial charge in [0, 0.05) is 0 Å². The largest absolute Gasteiger partial charge is 0.393 e. The first-order valence-electron chi connectivity index (χ1n) is 6.67. The molecule has 0 aromatic rings. The Bertz CT molecular complexity index is 188. The Kier molecular flexibility index (Phi) is 4.64. The standard InChI is InChI=1S/C14H28O/c1-5-6-7-13(15)14(4)9-8-12(10-14)11(2)3/h11-13,15H,5-10H2,1-4H3/t12?,13?,14-/m1/s1. The predicted molar refractivity (Wildman–Crippen MR) is 65.8 cm³/mol. The zero-order chi connectivity index (χ0) is 11.5. The molecule has 1 aliphatic carbocycles. The lowest BCUT2D eigenvalue weighted by Gasteiger charge is -2.31. The van der Waals surface area contributed by atoms with E-state index in [0.717, 1.165) is 18.3 Å². The molecule has 1 heteroatoms. The molecular formula is C14H28O. The van der Waals surface area contributed by atoms with Crippen molar-refractivity contribution in [2.24, 2.45) is 17.3 Å². The average Bonchev–Trinajstić information content (AvgIpc) is 2.59. The molecule has 90 valence electrons. The molecule has 1 rings (SSSR count). The van der Waals surface area contributed by atoms with Gasteiger partial charge in [0.25, 0.3) is 0 Å². The molecule has 0 bridgehead atoms. The summed E-state index contributed by atoms with van der Waals surface area (Å²) >= 11 is 0. The zero-order valence-corrected chi connectivity index (χ0v) is 10.9. The molecule has 3 atom stereocenters. The van der Waals surface area contributed by atoms with Crippen LogP contribution in [0, 0.1) is 17.3 Å². The molecule has 0 aliphatic heterocycles. The van der Waals surface area contributed by atoms with Gasteiger partial charge in [-0.05, 0) is 42.9 Å². The number of aliphatic hydroxyl groups is 1. The Morgan fingerprint density at radius 2 is 2.07 bits per heavy atom. The van der Waals surface area contributed by atoms with Crippen LogP contribution in [0.25, 0.3) is 0 Å². The van der Waals surface area contributed by atoms with E-state index in [2.05, 4.69) is 27.7 Å². The molecule has 1 nitrogen and oxygen atoms in total. The van der Waals surface area contributed by atoms with E-state index in [-0.39, 0.29) is 11.5 Å². The summed E-state index contributed by atoms with van der Waals surface area (Å²) in [7, 11) is 0. The minimum absolute atomic E-state index is 0.0683. The first kappa shape index (κ1) is 13.0. The fraction of sp³-hybridized carbons (Fsp3) is 1.00. The van der Waals surface area contributed by atoms with E-state index in [1.807, 2.05) is 0 Å². The molecule has 0 saturated heterocycles. The maximum absolute atomic E-state index is 10.2. The van der Waals surface area contributed by atoms with Crippen LogP contribution in [0.1, 0.15) is 66.2 Å². The van der Waals surface area contributed by atoms with Crippen molar-refractivity contribution in [2.45, 2.75) is 72.3 Å². The van der Waals surface area contributed by atoms with Gasteiger partial charge in [-0.2, -0.15) is 0 Å². The summed E-state index contributed by atoms with van der Waals surface area (Å²) in [5, 5.41) is 10.2. The second kappa shape index (κ2) is 5.34. The average molecular weight is 212 g/mol. The second-order valence-corrected chi connectivity index (χ2v) is 6.06. The Labute approximate surface area is 95.3 Å². The van der Waals surface area contributed by atoms with E-state index < -0.39 is 0 Å². The van der Waals surface area contributed by atoms with Gasteiger partial charge in [0.05, 0.1) is 6.10 Å². The molecule has 1 fully saturated rings. The van der Waals surface area contributed by atoms with Crippen molar-refractivity contribution in [1.82, 2.24) is 0 Å². The lowest BCUT2D eigenvalue weighted by molar-refractivity contribution is 0.0291. The number of rotatable bonds is 5. The molecule has 0 heterocycles. The Morgan fingerprint density at radius 1 is 1.40 bits per heavy atom. The van der Waals surface area contributed by atoms with Crippen LogP contribution in [-0.4, -0.2) is 11.2 Å². The van der Waals surface area contributed by atoms with Crippen molar-refractivity contribution >= 4 is 0 Å². The van der Waals surface area contributed by atoms with Crippen LogP contribution in [-0.2, 0) is 0 Å². The molecule has 0 radical (unpaired) electrons. The van der Waals surface area contributed by atoms with E-state index >= 15 is 0 Å². The smallest absolute Gasteiger partial charge is 0.0593 e. The molecule has 1 aliphatic rings. The van der Waals surface area contributed by atoms with Gasteiger partial charge >= 0.3 is 0 Å². The fourth-order valence-electron chi connectivity index (χ4n) is 2.94. The number of hydrogen-bond acceptors (Lipinski definition) is 1. The number of unbranched alkanes of at least 4 members (excludes halogenated alkanes) is 1. The minimum atomic E-state index is -0.0683. The fourth-order valence-corrected chi connectivity index (χ4v) is 2.94. The SMILES string of the molecule is CCCCC(O)[C@]1(C)CCC(C(C)C)C1. The van der Waals surface area contributed by atoms with Crippen molar-refractivity contribution in [3.05, 3.63) is 0 Å². The summed E-state index contributed by atoms with van der Waals surface area (Å²) in [5.41, 5.74) is 0.212. The number of aliphatic hydroxyl groups excluding tert-OH is 1. The number of hydrogen-bond donors (Lipinski definition) is 1. The van der Waals surface area contributed by atoms with Gasteiger partial charge in [-0.3, -0.25) is 0 Å². The first-order chi connectivity index (χ1) is 6.99. The maximum Gasteiger partial charge on any atom is 0.0593 e. The molecule has 0 aromatic carbocycles. The third-order valence-electron chi connectivity index (χ3n) is 4.39. The lowest BCUT2D eigenvalue weighted by atomic mass is 9.78. The highest BCUT2D eigenvalue weighted by atomic mass is 16.3. The highest BCUT2D eigenvalue weighted by Gasteiger charge is 2.40. The van der Waals surface area contributed by atoms with E-state index in [4.69, 9.17) is 0 Å². The van der Waals surface area contributed by atoms with Crippen LogP contribution in [0.3, 0.4) is 0 Å². The van der Waals surface area contributed by atoms with Crippen molar-refractivity contribution in [3.8, 4) is 0 Å². The minimum Gasteiger partial charge on any atom is -0.393 e. The molecule has 0 spiro atoms. The van der Waals surface area contributed by atoms with E-state index in [9.17, 15) is 5.11 Å². The highest BCUT2D eigenvalue weighted by Crippen LogP contribution is 2.47. The summed E-state index contributed by atoms with van der Waals surface area (Å²) in [6.45, 7) is 9.11. The van der Waals surface area contributed by atoms with E-state index in [1.165, 1.54) is 32.1 Å². The summed E-state index contributed by atoms with van der Waals surface area (Å²) in [6.07, 6.45) is 7.07. The first-order valence-corrected chi connectivity index (χ1v) is 6.67. The van der Waals surface area contributed by atoms with Gasteiger partial charge in [-0.15, -0.1) is 0 Å². The van der Waals surface area contributed by atoms with Crippen molar-refractivity contribution in [3.63, 3.8) is 0 Å². The molecule has 1 N–H and O–H groups in total. The van der Waals surface area contributed by atoms with Crippen molar-refractivity contribution in [2.75, 3.05) is 0 Å². The molecule has 15 heavy (non-hydrogen) atoms. The van der Waals surface area contributed by atoms with Gasteiger partial charge in [0.1, 0.15) is 0 Å². The van der Waals surface area contributed by atoms with Crippen molar-refractivity contribution in [1.29, 1.82) is 0 Å². The summed E-state index contributed by atoms with van der Waals surface area (Å²) < 4.78 is 0. The van der Waals surface area contributed by atoms with Gasteiger partial charge in [-0.25, -0.2) is 0 Å². The molecule has 0 amide bonds. The topological polar surface area (TPSA) is 20.2 Å². The normalized spacial score (nSPS) is 33.6. The van der Waals surface area contributed by atoms with Crippen LogP contribution >= 0.6 is 0 Å². The molecule has 0 aromatic heterocycles. The van der Waals surface area contributed by atoms with Gasteiger partial charge < -0.3 is 5.11 Å². The monoisotopic (exact) mass is 212 g/mol. The Hall–Kier alpha value is -0.0400. The van der Waals surface area contributed by atoms with Crippen LogP contribution in [0.15, 0.2) is 0 Å². The van der Waals surface area contributed by atoms with Crippen molar-refractivity contribution < 1.29 is 5.11 Å². The second-order valence-electron chi connectivity index (χ2n) is 6.06. The van der Waals surface area contributed by atoms with E-state index in [1.54, 1.807) is 0 Å². The third kappa shape index (κ3) is 3.21. The van der Waals surface area contributed by atoms with Gasteiger partial charge in [0.2, 0.25) is 0 Å². The Morgan fingerprint density at radius 3 is 2.53 bits per heavy atom. The molecule has 1 saturated carbocycles. The quantitative estimate of drug-likeness (QED) is 0.730. The zero-order valence-electron chi connectivity index (χ0n) is 10.9. The highest BCUT2D eigenvalue weighted by molar-refractivity contribution is 4.91. The Balaban J connectivity index is 2.46. The van der Waals surface area contributed by atoms with Crippen LogP contribution in [0.2, 0.25) is 0 Å². The van der Waals surface area contributed by atoms with Gasteiger partial charge in [0.15, 0.2) is 0 Å². The van der Waals surface area contributed by atoms with E-state index in [0.29, 0.717) is 0 Å². The van der Waals surface area contributed by atoms with Gasteiger partial charge in [-0.1, -0.05) is 40.5 Å². The summed E-state index contributed by atoms with van der Waals surface area (Å²) in [4.78, 5) is 0. The summed E-state index contributed by atoms with van der Waals surface area (Å²) in [6, 6.07) is 0. The predicted octanol–water partition coefficient (Wildman–Crippen LogP) is 4.00. The summed E-state index contributed by atoms with van der Waals surface area (Å²) in [5.74, 6) is 1.62.